The second-order valence-corrected chi connectivity index (χ2v) is 5.69. The fourth-order valence-corrected chi connectivity index (χ4v) is 2.94. The van der Waals surface area contributed by atoms with Gasteiger partial charge in [0, 0.05) is 30.9 Å². The molecule has 0 aliphatic rings. The zero-order chi connectivity index (χ0) is 16.2. The van der Waals surface area contributed by atoms with E-state index in [1.807, 2.05) is 24.4 Å². The quantitative estimate of drug-likeness (QED) is 0.695. The Bertz CT molecular complexity index is 832. The van der Waals surface area contributed by atoms with Gasteiger partial charge in [0.2, 0.25) is 0 Å². The van der Waals surface area contributed by atoms with Crippen molar-refractivity contribution < 1.29 is 4.74 Å². The van der Waals surface area contributed by atoms with Gasteiger partial charge in [-0.15, -0.1) is 0 Å². The molecule has 2 heterocycles. The zero-order valence-electron chi connectivity index (χ0n) is 13.9. The molecule has 0 aliphatic carbocycles. The predicted octanol–water partition coefficient (Wildman–Crippen LogP) is 4.47. The highest BCUT2D eigenvalue weighted by atomic mass is 16.5. The Morgan fingerprint density at radius 1 is 1.09 bits per heavy atom. The van der Waals surface area contributed by atoms with Gasteiger partial charge in [0.1, 0.15) is 0 Å². The van der Waals surface area contributed by atoms with Gasteiger partial charge in [-0.1, -0.05) is 36.4 Å². The van der Waals surface area contributed by atoms with Crippen LogP contribution in [0.3, 0.4) is 0 Å². The molecule has 3 rings (SSSR count). The lowest BCUT2D eigenvalue weighted by molar-refractivity contribution is 0.188. The SMILES string of the molecule is COCCn1c(C)c(C)c2ccnc(C=Cc3ccccc3)c21. The molecule has 0 spiro atoms. The molecule has 23 heavy (non-hydrogen) atoms. The van der Waals surface area contributed by atoms with E-state index in [0.717, 1.165) is 12.2 Å². The summed E-state index contributed by atoms with van der Waals surface area (Å²) in [7, 11) is 1.74. The average Bonchev–Trinajstić information content (AvgIpc) is 2.84. The van der Waals surface area contributed by atoms with Gasteiger partial charge in [0.05, 0.1) is 17.8 Å². The molecule has 0 aliphatic heterocycles. The Balaban J connectivity index is 2.10. The van der Waals surface area contributed by atoms with E-state index in [-0.39, 0.29) is 0 Å². The summed E-state index contributed by atoms with van der Waals surface area (Å²) < 4.78 is 7.58. The van der Waals surface area contributed by atoms with Gasteiger partial charge in [0.15, 0.2) is 0 Å². The van der Waals surface area contributed by atoms with Crippen LogP contribution in [-0.2, 0) is 11.3 Å². The molecule has 3 heteroatoms. The van der Waals surface area contributed by atoms with Crippen LogP contribution < -0.4 is 0 Å². The van der Waals surface area contributed by atoms with E-state index in [0.29, 0.717) is 6.61 Å². The lowest BCUT2D eigenvalue weighted by atomic mass is 10.1. The van der Waals surface area contributed by atoms with Crippen molar-refractivity contribution in [1.29, 1.82) is 0 Å². The standard InChI is InChI=1S/C20H22N2O/c1-15-16(2)22(13-14-23-3)20-18(15)11-12-21-19(20)10-9-17-7-5-4-6-8-17/h4-12H,13-14H2,1-3H3. The molecule has 0 fully saturated rings. The number of hydrogen-bond acceptors (Lipinski definition) is 2. The molecule has 0 saturated heterocycles. The Morgan fingerprint density at radius 2 is 1.87 bits per heavy atom. The Morgan fingerprint density at radius 3 is 2.61 bits per heavy atom. The number of aryl methyl sites for hydroxylation is 1. The molecular formula is C20H22N2O. The highest BCUT2D eigenvalue weighted by Gasteiger charge is 2.13. The summed E-state index contributed by atoms with van der Waals surface area (Å²) in [6.07, 6.45) is 6.10. The first-order chi connectivity index (χ1) is 11.2. The van der Waals surface area contributed by atoms with Crippen LogP contribution in [0.25, 0.3) is 23.1 Å². The van der Waals surface area contributed by atoms with Gasteiger partial charge in [-0.2, -0.15) is 0 Å². The normalized spacial score (nSPS) is 11.6. The molecule has 0 bridgehead atoms. The van der Waals surface area contributed by atoms with Crippen LogP contribution >= 0.6 is 0 Å². The van der Waals surface area contributed by atoms with Crippen LogP contribution in [0.15, 0.2) is 42.6 Å². The topological polar surface area (TPSA) is 27.1 Å². The molecule has 1 aromatic carbocycles. The second kappa shape index (κ2) is 6.80. The highest BCUT2D eigenvalue weighted by molar-refractivity contribution is 5.92. The minimum absolute atomic E-state index is 0.695. The maximum atomic E-state index is 5.27. The van der Waals surface area contributed by atoms with E-state index in [9.17, 15) is 0 Å². The van der Waals surface area contributed by atoms with E-state index >= 15 is 0 Å². The molecule has 0 atom stereocenters. The Labute approximate surface area is 137 Å². The van der Waals surface area contributed by atoms with Gasteiger partial charge in [0.25, 0.3) is 0 Å². The Kier molecular flexibility index (Phi) is 4.58. The first-order valence-corrected chi connectivity index (χ1v) is 7.89. The van der Waals surface area contributed by atoms with Crippen LogP contribution in [-0.4, -0.2) is 23.3 Å². The number of rotatable bonds is 5. The summed E-state index contributed by atoms with van der Waals surface area (Å²) in [5.41, 5.74) is 5.95. The molecule has 0 radical (unpaired) electrons. The summed E-state index contributed by atoms with van der Waals surface area (Å²) in [6, 6.07) is 12.4. The van der Waals surface area contributed by atoms with Crippen LogP contribution in [0.4, 0.5) is 0 Å². The Hall–Kier alpha value is -2.39. The number of methoxy groups -OCH3 is 1. The molecule has 2 aromatic heterocycles. The molecule has 0 N–H and O–H groups in total. The van der Waals surface area contributed by atoms with Gasteiger partial charge < -0.3 is 9.30 Å². The van der Waals surface area contributed by atoms with Crippen molar-refractivity contribution in [2.24, 2.45) is 0 Å². The van der Waals surface area contributed by atoms with Crippen molar-refractivity contribution in [3.8, 4) is 0 Å². The van der Waals surface area contributed by atoms with E-state index < -0.39 is 0 Å². The molecular weight excluding hydrogens is 284 g/mol. The maximum absolute atomic E-state index is 5.27. The second-order valence-electron chi connectivity index (χ2n) is 5.69. The van der Waals surface area contributed by atoms with Crippen molar-refractivity contribution >= 4 is 23.1 Å². The highest BCUT2D eigenvalue weighted by Crippen LogP contribution is 2.27. The van der Waals surface area contributed by atoms with Gasteiger partial charge >= 0.3 is 0 Å². The number of aromatic nitrogens is 2. The maximum Gasteiger partial charge on any atom is 0.0872 e. The first-order valence-electron chi connectivity index (χ1n) is 7.89. The fraction of sp³-hybridized carbons (Fsp3) is 0.250. The molecule has 0 amide bonds. The zero-order valence-corrected chi connectivity index (χ0v) is 13.9. The summed E-state index contributed by atoms with van der Waals surface area (Å²) >= 11 is 0. The number of ether oxygens (including phenoxy) is 1. The van der Waals surface area contributed by atoms with Crippen molar-refractivity contribution in [3.63, 3.8) is 0 Å². The third-order valence-corrected chi connectivity index (χ3v) is 4.33. The van der Waals surface area contributed by atoms with Gasteiger partial charge in [-0.3, -0.25) is 4.98 Å². The summed E-state index contributed by atoms with van der Waals surface area (Å²) in [5.74, 6) is 0. The van der Waals surface area contributed by atoms with Crippen LogP contribution in [0.5, 0.6) is 0 Å². The first kappa shape index (κ1) is 15.5. The van der Waals surface area contributed by atoms with Crippen molar-refractivity contribution in [3.05, 3.63) is 65.1 Å². The average molecular weight is 306 g/mol. The predicted molar refractivity (Wildman–Crippen MR) is 96.5 cm³/mol. The van der Waals surface area contributed by atoms with Crippen molar-refractivity contribution in [2.75, 3.05) is 13.7 Å². The summed E-state index contributed by atoms with van der Waals surface area (Å²) in [6.45, 7) is 5.87. The third-order valence-electron chi connectivity index (χ3n) is 4.33. The van der Waals surface area contributed by atoms with E-state index in [1.54, 1.807) is 7.11 Å². The van der Waals surface area contributed by atoms with Gasteiger partial charge in [-0.05, 0) is 37.1 Å². The molecule has 0 unspecified atom stereocenters. The fourth-order valence-electron chi connectivity index (χ4n) is 2.94. The molecule has 3 aromatic rings. The van der Waals surface area contributed by atoms with Crippen molar-refractivity contribution in [1.82, 2.24) is 9.55 Å². The molecule has 3 nitrogen and oxygen atoms in total. The summed E-state index contributed by atoms with van der Waals surface area (Å²) in [5, 5.41) is 1.27. The number of fused-ring (bicyclic) bond motifs is 1. The lowest BCUT2D eigenvalue weighted by Gasteiger charge is -2.09. The van der Waals surface area contributed by atoms with E-state index in [2.05, 4.69) is 53.7 Å². The number of nitrogens with zero attached hydrogens (tertiary/aromatic N) is 2. The van der Waals surface area contributed by atoms with E-state index in [1.165, 1.54) is 27.7 Å². The van der Waals surface area contributed by atoms with Crippen molar-refractivity contribution in [2.45, 2.75) is 20.4 Å². The smallest absolute Gasteiger partial charge is 0.0872 e. The molecule has 0 saturated carbocycles. The minimum Gasteiger partial charge on any atom is -0.383 e. The van der Waals surface area contributed by atoms with Crippen LogP contribution in [0.2, 0.25) is 0 Å². The molecule has 118 valence electrons. The lowest BCUT2D eigenvalue weighted by Crippen LogP contribution is -2.06. The van der Waals surface area contributed by atoms with Crippen LogP contribution in [0, 0.1) is 13.8 Å². The number of hydrogen-bond donors (Lipinski definition) is 0. The van der Waals surface area contributed by atoms with Gasteiger partial charge in [-0.25, -0.2) is 0 Å². The largest absolute Gasteiger partial charge is 0.383 e. The minimum atomic E-state index is 0.695. The van der Waals surface area contributed by atoms with Crippen LogP contribution in [0.1, 0.15) is 22.5 Å². The van der Waals surface area contributed by atoms with E-state index in [4.69, 9.17) is 4.74 Å². The summed E-state index contributed by atoms with van der Waals surface area (Å²) in [4.78, 5) is 4.60. The third kappa shape index (κ3) is 3.06. The number of pyridine rings is 1. The monoisotopic (exact) mass is 306 g/mol. The number of benzene rings is 1.